The number of rotatable bonds is 7. The third-order valence-electron chi connectivity index (χ3n) is 5.01. The van der Waals surface area contributed by atoms with Gasteiger partial charge in [-0.05, 0) is 61.9 Å². The van der Waals surface area contributed by atoms with Crippen LogP contribution in [0.2, 0.25) is 0 Å². The SMILES string of the molecule is CCc1cc(C(C)CC)ccc1OCCN1CCCCCC1. The molecule has 0 amide bonds. The molecule has 124 valence electrons. The summed E-state index contributed by atoms with van der Waals surface area (Å²) in [5.41, 5.74) is 2.80. The van der Waals surface area contributed by atoms with Gasteiger partial charge in [-0.25, -0.2) is 0 Å². The van der Waals surface area contributed by atoms with Crippen LogP contribution in [0.1, 0.15) is 69.9 Å². The fraction of sp³-hybridized carbons (Fsp3) is 0.700. The molecule has 1 heterocycles. The highest BCUT2D eigenvalue weighted by Gasteiger charge is 2.11. The normalized spacial score (nSPS) is 18.0. The molecule has 2 heteroatoms. The fourth-order valence-corrected chi connectivity index (χ4v) is 3.20. The van der Waals surface area contributed by atoms with Gasteiger partial charge in [-0.15, -0.1) is 0 Å². The molecular formula is C20H33NO. The zero-order valence-electron chi connectivity index (χ0n) is 14.7. The van der Waals surface area contributed by atoms with E-state index in [2.05, 4.69) is 43.9 Å². The molecule has 2 rings (SSSR count). The van der Waals surface area contributed by atoms with Gasteiger partial charge in [0.05, 0.1) is 0 Å². The second-order valence-electron chi connectivity index (χ2n) is 6.63. The van der Waals surface area contributed by atoms with Gasteiger partial charge in [-0.1, -0.05) is 45.7 Å². The molecule has 0 radical (unpaired) electrons. The topological polar surface area (TPSA) is 12.5 Å². The van der Waals surface area contributed by atoms with Crippen LogP contribution in [-0.4, -0.2) is 31.1 Å². The van der Waals surface area contributed by atoms with Gasteiger partial charge in [-0.3, -0.25) is 4.90 Å². The monoisotopic (exact) mass is 303 g/mol. The predicted molar refractivity (Wildman–Crippen MR) is 94.9 cm³/mol. The van der Waals surface area contributed by atoms with Crippen molar-refractivity contribution in [1.82, 2.24) is 4.90 Å². The van der Waals surface area contributed by atoms with Crippen molar-refractivity contribution >= 4 is 0 Å². The van der Waals surface area contributed by atoms with Crippen LogP contribution in [0.25, 0.3) is 0 Å². The van der Waals surface area contributed by atoms with Crippen molar-refractivity contribution in [2.45, 2.75) is 65.2 Å². The molecule has 1 aliphatic heterocycles. The van der Waals surface area contributed by atoms with E-state index < -0.39 is 0 Å². The van der Waals surface area contributed by atoms with Crippen molar-refractivity contribution in [3.8, 4) is 5.75 Å². The third-order valence-corrected chi connectivity index (χ3v) is 5.01. The first-order valence-electron chi connectivity index (χ1n) is 9.22. The van der Waals surface area contributed by atoms with Crippen LogP contribution in [0.4, 0.5) is 0 Å². The van der Waals surface area contributed by atoms with E-state index in [4.69, 9.17) is 4.74 Å². The zero-order valence-corrected chi connectivity index (χ0v) is 14.7. The van der Waals surface area contributed by atoms with Crippen molar-refractivity contribution in [2.24, 2.45) is 0 Å². The molecule has 1 aromatic rings. The standard InChI is InChI=1S/C20H33NO/c1-4-17(3)19-10-11-20(18(5-2)16-19)22-15-14-21-12-8-6-7-9-13-21/h10-11,16-17H,4-9,12-15H2,1-3H3. The van der Waals surface area contributed by atoms with Gasteiger partial charge >= 0.3 is 0 Å². The molecule has 1 saturated heterocycles. The Labute approximate surface area is 136 Å². The summed E-state index contributed by atoms with van der Waals surface area (Å²) in [4.78, 5) is 2.56. The average Bonchev–Trinajstić information content (AvgIpc) is 2.83. The summed E-state index contributed by atoms with van der Waals surface area (Å²) in [6.07, 6.45) is 7.73. The Morgan fingerprint density at radius 3 is 2.45 bits per heavy atom. The molecule has 1 fully saturated rings. The molecule has 1 aliphatic rings. The molecule has 22 heavy (non-hydrogen) atoms. The van der Waals surface area contributed by atoms with Crippen LogP contribution in [0.3, 0.4) is 0 Å². The number of aryl methyl sites for hydroxylation is 1. The van der Waals surface area contributed by atoms with Crippen molar-refractivity contribution in [1.29, 1.82) is 0 Å². The molecule has 2 nitrogen and oxygen atoms in total. The van der Waals surface area contributed by atoms with Gasteiger partial charge in [0.25, 0.3) is 0 Å². The maximum absolute atomic E-state index is 6.10. The number of ether oxygens (including phenoxy) is 1. The first-order chi connectivity index (χ1) is 10.7. The Kier molecular flexibility index (Phi) is 7.24. The van der Waals surface area contributed by atoms with E-state index in [1.807, 2.05) is 0 Å². The first kappa shape index (κ1) is 17.3. The molecule has 0 bridgehead atoms. The lowest BCUT2D eigenvalue weighted by Crippen LogP contribution is -2.29. The Hall–Kier alpha value is -1.02. The lowest BCUT2D eigenvalue weighted by molar-refractivity contribution is 0.213. The lowest BCUT2D eigenvalue weighted by Gasteiger charge is -2.21. The van der Waals surface area contributed by atoms with E-state index in [0.29, 0.717) is 5.92 Å². The second-order valence-corrected chi connectivity index (χ2v) is 6.63. The largest absolute Gasteiger partial charge is 0.492 e. The number of hydrogen-bond donors (Lipinski definition) is 0. The second kappa shape index (κ2) is 9.19. The summed E-state index contributed by atoms with van der Waals surface area (Å²) < 4.78 is 6.10. The van der Waals surface area contributed by atoms with E-state index in [1.54, 1.807) is 0 Å². The first-order valence-corrected chi connectivity index (χ1v) is 9.22. The fourth-order valence-electron chi connectivity index (χ4n) is 3.20. The van der Waals surface area contributed by atoms with Gasteiger partial charge in [0.1, 0.15) is 12.4 Å². The minimum atomic E-state index is 0.636. The van der Waals surface area contributed by atoms with Crippen molar-refractivity contribution in [3.05, 3.63) is 29.3 Å². The molecule has 0 N–H and O–H groups in total. The Bertz CT molecular complexity index is 435. The Morgan fingerprint density at radius 1 is 1.09 bits per heavy atom. The Morgan fingerprint density at radius 2 is 1.82 bits per heavy atom. The molecule has 0 aliphatic carbocycles. The van der Waals surface area contributed by atoms with Gasteiger partial charge in [0.15, 0.2) is 0 Å². The molecule has 0 saturated carbocycles. The molecule has 0 spiro atoms. The van der Waals surface area contributed by atoms with E-state index in [1.165, 1.54) is 56.3 Å². The summed E-state index contributed by atoms with van der Waals surface area (Å²) >= 11 is 0. The number of hydrogen-bond acceptors (Lipinski definition) is 2. The minimum Gasteiger partial charge on any atom is -0.492 e. The highest BCUT2D eigenvalue weighted by Crippen LogP contribution is 2.26. The molecular weight excluding hydrogens is 270 g/mol. The van der Waals surface area contributed by atoms with E-state index in [0.717, 1.165) is 25.3 Å². The molecule has 0 aromatic heterocycles. The van der Waals surface area contributed by atoms with Crippen molar-refractivity contribution in [2.75, 3.05) is 26.2 Å². The van der Waals surface area contributed by atoms with Gasteiger partial charge < -0.3 is 4.74 Å². The van der Waals surface area contributed by atoms with Gasteiger partial charge in [0.2, 0.25) is 0 Å². The Balaban J connectivity index is 1.88. The number of benzene rings is 1. The highest BCUT2D eigenvalue weighted by atomic mass is 16.5. The van der Waals surface area contributed by atoms with Crippen LogP contribution in [0, 0.1) is 0 Å². The smallest absolute Gasteiger partial charge is 0.122 e. The van der Waals surface area contributed by atoms with Crippen LogP contribution < -0.4 is 4.74 Å². The van der Waals surface area contributed by atoms with Crippen LogP contribution >= 0.6 is 0 Å². The summed E-state index contributed by atoms with van der Waals surface area (Å²) in [6.45, 7) is 11.1. The van der Waals surface area contributed by atoms with Crippen molar-refractivity contribution in [3.63, 3.8) is 0 Å². The van der Waals surface area contributed by atoms with E-state index >= 15 is 0 Å². The van der Waals surface area contributed by atoms with Crippen molar-refractivity contribution < 1.29 is 4.74 Å². The quantitative estimate of drug-likeness (QED) is 0.701. The maximum Gasteiger partial charge on any atom is 0.122 e. The minimum absolute atomic E-state index is 0.636. The molecule has 1 atom stereocenters. The van der Waals surface area contributed by atoms with Crippen LogP contribution in [-0.2, 0) is 6.42 Å². The van der Waals surface area contributed by atoms with Gasteiger partial charge in [0, 0.05) is 6.54 Å². The average molecular weight is 303 g/mol. The van der Waals surface area contributed by atoms with Crippen LogP contribution in [0.15, 0.2) is 18.2 Å². The zero-order chi connectivity index (χ0) is 15.8. The number of likely N-dealkylation sites (tertiary alicyclic amines) is 1. The van der Waals surface area contributed by atoms with Crippen LogP contribution in [0.5, 0.6) is 5.75 Å². The highest BCUT2D eigenvalue weighted by molar-refractivity contribution is 5.38. The van der Waals surface area contributed by atoms with E-state index in [9.17, 15) is 0 Å². The molecule has 1 unspecified atom stereocenters. The van der Waals surface area contributed by atoms with Gasteiger partial charge in [-0.2, -0.15) is 0 Å². The summed E-state index contributed by atoms with van der Waals surface area (Å²) in [6, 6.07) is 6.77. The summed E-state index contributed by atoms with van der Waals surface area (Å²) in [5.74, 6) is 1.72. The maximum atomic E-state index is 6.10. The van der Waals surface area contributed by atoms with E-state index in [-0.39, 0.29) is 0 Å². The lowest BCUT2D eigenvalue weighted by atomic mass is 9.96. The summed E-state index contributed by atoms with van der Waals surface area (Å²) in [5, 5.41) is 0. The predicted octanol–water partition coefficient (Wildman–Crippen LogP) is 5.02. The summed E-state index contributed by atoms with van der Waals surface area (Å²) in [7, 11) is 0. The third kappa shape index (κ3) is 5.01. The number of nitrogens with zero attached hydrogens (tertiary/aromatic N) is 1. The molecule has 1 aromatic carbocycles.